The maximum atomic E-state index is 12.4. The number of hydrogen-bond donors (Lipinski definition) is 1. The van der Waals surface area contributed by atoms with Gasteiger partial charge in [0.25, 0.3) is 0 Å². The minimum atomic E-state index is -0.139. The van der Waals surface area contributed by atoms with E-state index < -0.39 is 0 Å². The molecule has 20 heavy (non-hydrogen) atoms. The predicted octanol–water partition coefficient (Wildman–Crippen LogP) is 2.19. The fraction of sp³-hybridized carbons (Fsp3) is 0.500. The van der Waals surface area contributed by atoms with E-state index in [2.05, 4.69) is 5.32 Å². The van der Waals surface area contributed by atoms with E-state index in [0.29, 0.717) is 29.8 Å². The Balaban J connectivity index is 2.03. The van der Waals surface area contributed by atoms with E-state index in [1.165, 1.54) is 0 Å². The number of hydrogen-bond acceptors (Lipinski definition) is 3. The van der Waals surface area contributed by atoms with Crippen molar-refractivity contribution in [2.24, 2.45) is 5.92 Å². The first kappa shape index (κ1) is 15.6. The Bertz CT molecular complexity index is 476. The molecule has 0 radical (unpaired) electrons. The lowest BCUT2D eigenvalue weighted by atomic mass is 10.0. The largest absolute Gasteiger partial charge is 0.379 e. The minimum Gasteiger partial charge on any atom is -0.379 e. The quantitative estimate of drug-likeness (QED) is 0.925. The lowest BCUT2D eigenvalue weighted by Gasteiger charge is -2.24. The summed E-state index contributed by atoms with van der Waals surface area (Å²) in [5, 5.41) is 4.27. The normalized spacial score (nSPS) is 22.0. The Morgan fingerprint density at radius 1 is 1.35 bits per heavy atom. The average Bonchev–Trinajstić information content (AvgIpc) is 2.84. The molecule has 1 aliphatic rings. The smallest absolute Gasteiger partial charge is 0.229 e. The summed E-state index contributed by atoms with van der Waals surface area (Å²) in [7, 11) is 3.62. The zero-order chi connectivity index (χ0) is 14.7. The zero-order valence-electron chi connectivity index (χ0n) is 11.5. The van der Waals surface area contributed by atoms with Gasteiger partial charge in [0.05, 0.1) is 19.1 Å². The molecule has 1 amide bonds. The number of halogens is 2. The third kappa shape index (κ3) is 3.64. The van der Waals surface area contributed by atoms with Gasteiger partial charge in [-0.15, -0.1) is 0 Å². The summed E-state index contributed by atoms with van der Waals surface area (Å²) in [6.07, 6.45) is 0. The maximum Gasteiger partial charge on any atom is 0.229 e. The standard InChI is InChI=1S/C14H18Cl2N2O2/c1-17-13-8-20-7-12(13)14(19)18(2)6-9-3-10(15)5-11(16)4-9/h3-5,12-13,17H,6-8H2,1-2H3. The average molecular weight is 317 g/mol. The number of benzene rings is 1. The number of carbonyl (C=O) groups is 1. The first-order chi connectivity index (χ1) is 9.51. The van der Waals surface area contributed by atoms with Gasteiger partial charge >= 0.3 is 0 Å². The lowest BCUT2D eigenvalue weighted by molar-refractivity contribution is -0.135. The van der Waals surface area contributed by atoms with E-state index in [1.807, 2.05) is 19.2 Å². The molecule has 2 unspecified atom stereocenters. The Morgan fingerprint density at radius 2 is 2.00 bits per heavy atom. The van der Waals surface area contributed by atoms with Crippen molar-refractivity contribution in [3.05, 3.63) is 33.8 Å². The summed E-state index contributed by atoms with van der Waals surface area (Å²) in [6.45, 7) is 1.51. The molecular weight excluding hydrogens is 299 g/mol. The minimum absolute atomic E-state index is 0.0675. The van der Waals surface area contributed by atoms with Crippen molar-refractivity contribution in [2.45, 2.75) is 12.6 Å². The fourth-order valence-corrected chi connectivity index (χ4v) is 2.99. The second-order valence-corrected chi connectivity index (χ2v) is 5.88. The van der Waals surface area contributed by atoms with E-state index in [1.54, 1.807) is 18.0 Å². The molecule has 0 saturated carbocycles. The molecule has 1 aliphatic heterocycles. The van der Waals surface area contributed by atoms with Crippen molar-refractivity contribution in [2.75, 3.05) is 27.3 Å². The van der Waals surface area contributed by atoms with Gasteiger partial charge in [0.15, 0.2) is 0 Å². The van der Waals surface area contributed by atoms with Gasteiger partial charge in [-0.1, -0.05) is 23.2 Å². The molecular formula is C14H18Cl2N2O2. The lowest BCUT2D eigenvalue weighted by Crippen LogP contribution is -2.43. The molecule has 1 heterocycles. The number of nitrogens with zero attached hydrogens (tertiary/aromatic N) is 1. The molecule has 1 fully saturated rings. The van der Waals surface area contributed by atoms with E-state index >= 15 is 0 Å². The van der Waals surface area contributed by atoms with E-state index in [-0.39, 0.29) is 17.9 Å². The Morgan fingerprint density at radius 3 is 2.60 bits per heavy atom. The highest BCUT2D eigenvalue weighted by molar-refractivity contribution is 6.34. The molecule has 2 atom stereocenters. The number of rotatable bonds is 4. The van der Waals surface area contributed by atoms with Gasteiger partial charge in [-0.25, -0.2) is 0 Å². The van der Waals surface area contributed by atoms with Crippen LogP contribution in [0.2, 0.25) is 10.0 Å². The number of carbonyl (C=O) groups excluding carboxylic acids is 1. The number of nitrogens with one attached hydrogen (secondary N) is 1. The second-order valence-electron chi connectivity index (χ2n) is 5.01. The molecule has 4 nitrogen and oxygen atoms in total. The highest BCUT2D eigenvalue weighted by Gasteiger charge is 2.34. The third-order valence-corrected chi connectivity index (χ3v) is 3.92. The fourth-order valence-electron chi connectivity index (χ4n) is 2.42. The van der Waals surface area contributed by atoms with Crippen molar-refractivity contribution in [3.63, 3.8) is 0 Å². The maximum absolute atomic E-state index is 12.4. The van der Waals surface area contributed by atoms with Crippen LogP contribution in [0.5, 0.6) is 0 Å². The van der Waals surface area contributed by atoms with E-state index in [4.69, 9.17) is 27.9 Å². The third-order valence-electron chi connectivity index (χ3n) is 3.49. The Kier molecular flexibility index (Phi) is 5.27. The zero-order valence-corrected chi connectivity index (χ0v) is 13.0. The van der Waals surface area contributed by atoms with Crippen LogP contribution in [0.1, 0.15) is 5.56 Å². The first-order valence-corrected chi connectivity index (χ1v) is 7.22. The first-order valence-electron chi connectivity index (χ1n) is 6.46. The highest BCUT2D eigenvalue weighted by Crippen LogP contribution is 2.21. The second kappa shape index (κ2) is 6.76. The summed E-state index contributed by atoms with van der Waals surface area (Å²) < 4.78 is 5.37. The van der Waals surface area contributed by atoms with Crippen molar-refractivity contribution in [1.82, 2.24) is 10.2 Å². The van der Waals surface area contributed by atoms with Gasteiger partial charge < -0.3 is 15.0 Å². The van der Waals surface area contributed by atoms with Crippen molar-refractivity contribution in [1.29, 1.82) is 0 Å². The van der Waals surface area contributed by atoms with Gasteiger partial charge in [-0.05, 0) is 30.8 Å². The van der Waals surface area contributed by atoms with Crippen LogP contribution in [0.15, 0.2) is 18.2 Å². The van der Waals surface area contributed by atoms with Crippen LogP contribution >= 0.6 is 23.2 Å². The van der Waals surface area contributed by atoms with Crippen LogP contribution in [-0.4, -0.2) is 44.2 Å². The molecule has 0 aromatic heterocycles. The van der Waals surface area contributed by atoms with Crippen LogP contribution in [0.3, 0.4) is 0 Å². The summed E-state index contributed by atoms with van der Waals surface area (Å²) in [5.74, 6) is -0.0717. The number of amides is 1. The molecule has 1 aromatic carbocycles. The van der Waals surface area contributed by atoms with Gasteiger partial charge in [-0.3, -0.25) is 4.79 Å². The molecule has 0 aliphatic carbocycles. The highest BCUT2D eigenvalue weighted by atomic mass is 35.5. The monoisotopic (exact) mass is 316 g/mol. The van der Waals surface area contributed by atoms with E-state index in [0.717, 1.165) is 5.56 Å². The van der Waals surface area contributed by atoms with Crippen molar-refractivity contribution >= 4 is 29.1 Å². The molecule has 1 aromatic rings. The van der Waals surface area contributed by atoms with E-state index in [9.17, 15) is 4.79 Å². The summed E-state index contributed by atoms with van der Waals surface area (Å²) in [4.78, 5) is 14.1. The summed E-state index contributed by atoms with van der Waals surface area (Å²) in [6, 6.07) is 5.39. The molecule has 0 spiro atoms. The Hall–Kier alpha value is -0.810. The molecule has 1 N–H and O–H groups in total. The Labute approximate surface area is 129 Å². The van der Waals surface area contributed by atoms with Gasteiger partial charge in [0.1, 0.15) is 0 Å². The number of likely N-dealkylation sites (N-methyl/N-ethyl adjacent to an activating group) is 1. The van der Waals surface area contributed by atoms with Crippen molar-refractivity contribution < 1.29 is 9.53 Å². The molecule has 1 saturated heterocycles. The molecule has 2 rings (SSSR count). The van der Waals surface area contributed by atoms with Gasteiger partial charge in [0.2, 0.25) is 5.91 Å². The SMILES string of the molecule is CNC1COCC1C(=O)N(C)Cc1cc(Cl)cc(Cl)c1. The molecule has 110 valence electrons. The number of ether oxygens (including phenoxy) is 1. The van der Waals surface area contributed by atoms with Crippen LogP contribution < -0.4 is 5.32 Å². The van der Waals surface area contributed by atoms with Crippen molar-refractivity contribution in [3.8, 4) is 0 Å². The van der Waals surface area contributed by atoms with Crippen LogP contribution in [0.25, 0.3) is 0 Å². The predicted molar refractivity (Wildman–Crippen MR) is 80.1 cm³/mol. The molecule has 0 bridgehead atoms. The van der Waals surface area contributed by atoms with Crippen LogP contribution in [-0.2, 0) is 16.1 Å². The summed E-state index contributed by atoms with van der Waals surface area (Å²) >= 11 is 11.9. The summed E-state index contributed by atoms with van der Waals surface area (Å²) in [5.41, 5.74) is 0.915. The van der Waals surface area contributed by atoms with Crippen LogP contribution in [0.4, 0.5) is 0 Å². The van der Waals surface area contributed by atoms with Crippen LogP contribution in [0, 0.1) is 5.92 Å². The van der Waals surface area contributed by atoms with Gasteiger partial charge in [-0.2, -0.15) is 0 Å². The van der Waals surface area contributed by atoms with Gasteiger partial charge in [0, 0.05) is 29.7 Å². The molecule has 6 heteroatoms. The topological polar surface area (TPSA) is 41.6 Å².